The Morgan fingerprint density at radius 3 is 2.88 bits per heavy atom. The van der Waals surface area contributed by atoms with Gasteiger partial charge < -0.3 is 4.74 Å². The minimum atomic E-state index is -0.0737. The molecule has 0 aromatic rings. The van der Waals surface area contributed by atoms with Crippen molar-refractivity contribution in [3.05, 3.63) is 0 Å². The smallest absolute Gasteiger partial charge is 0.108 e. The number of hydrogen-bond donors (Lipinski definition) is 1. The molecule has 0 spiro atoms. The molecule has 1 aliphatic rings. The maximum absolute atomic E-state index is 9.10. The summed E-state index contributed by atoms with van der Waals surface area (Å²) >= 11 is 0. The first-order chi connectivity index (χ1) is 8.15. The first-order valence-electron chi connectivity index (χ1n) is 6.65. The van der Waals surface area contributed by atoms with Crippen molar-refractivity contribution in [1.29, 1.82) is 5.26 Å². The van der Waals surface area contributed by atoms with Crippen molar-refractivity contribution in [3.8, 4) is 6.07 Å². The van der Waals surface area contributed by atoms with E-state index >= 15 is 0 Å². The molecule has 0 amide bonds. The quantitative estimate of drug-likeness (QED) is 0.760. The lowest BCUT2D eigenvalue weighted by molar-refractivity contribution is 0.00476. The van der Waals surface area contributed by atoms with Crippen LogP contribution in [0.3, 0.4) is 0 Å². The fraction of sp³-hybridized carbons (Fsp3) is 0.923. The normalized spacial score (nSPS) is 23.6. The second-order valence-electron chi connectivity index (χ2n) is 4.98. The van der Waals surface area contributed by atoms with Crippen LogP contribution < -0.4 is 5.32 Å². The number of piperidine rings is 1. The average Bonchev–Trinajstić information content (AvgIpc) is 2.28. The third-order valence-electron chi connectivity index (χ3n) is 3.00. The molecule has 0 aromatic carbocycles. The number of nitriles is 1. The molecule has 1 rings (SSSR count). The van der Waals surface area contributed by atoms with Gasteiger partial charge in [0.15, 0.2) is 0 Å². The van der Waals surface area contributed by atoms with Crippen molar-refractivity contribution in [1.82, 2.24) is 10.2 Å². The number of ether oxygens (including phenoxy) is 1. The molecule has 17 heavy (non-hydrogen) atoms. The van der Waals surface area contributed by atoms with Crippen LogP contribution in [0, 0.1) is 11.3 Å². The van der Waals surface area contributed by atoms with Crippen molar-refractivity contribution in [2.45, 2.75) is 51.8 Å². The van der Waals surface area contributed by atoms with Gasteiger partial charge in [0.1, 0.15) is 6.04 Å². The summed E-state index contributed by atoms with van der Waals surface area (Å²) in [6.07, 6.45) is 2.68. The van der Waals surface area contributed by atoms with Gasteiger partial charge in [-0.15, -0.1) is 0 Å². The summed E-state index contributed by atoms with van der Waals surface area (Å²) in [6, 6.07) is 2.61. The Morgan fingerprint density at radius 2 is 2.29 bits per heavy atom. The molecule has 4 heteroatoms. The van der Waals surface area contributed by atoms with Gasteiger partial charge in [-0.05, 0) is 40.2 Å². The molecular weight excluding hydrogens is 214 g/mol. The van der Waals surface area contributed by atoms with Crippen LogP contribution in [0.1, 0.15) is 33.6 Å². The van der Waals surface area contributed by atoms with Gasteiger partial charge in [0.05, 0.1) is 12.2 Å². The standard InChI is InChI=1S/C13H25N3O/c1-4-17-13-6-5-7-16(10-13)9-12(8-14)15-11(2)3/h11-13,15H,4-7,9-10H2,1-3H3. The van der Waals surface area contributed by atoms with Crippen LogP contribution in [0.5, 0.6) is 0 Å². The maximum atomic E-state index is 9.10. The van der Waals surface area contributed by atoms with Gasteiger partial charge in [-0.25, -0.2) is 0 Å². The molecule has 0 aromatic heterocycles. The molecule has 1 aliphatic heterocycles. The molecule has 0 bridgehead atoms. The van der Waals surface area contributed by atoms with Crippen LogP contribution in [-0.2, 0) is 4.74 Å². The van der Waals surface area contributed by atoms with Gasteiger partial charge in [0, 0.05) is 25.7 Å². The highest BCUT2D eigenvalue weighted by Crippen LogP contribution is 2.13. The van der Waals surface area contributed by atoms with Crippen LogP contribution in [-0.4, -0.2) is 49.3 Å². The molecule has 0 radical (unpaired) electrons. The third-order valence-corrected chi connectivity index (χ3v) is 3.00. The molecule has 98 valence electrons. The van der Waals surface area contributed by atoms with Gasteiger partial charge >= 0.3 is 0 Å². The SMILES string of the molecule is CCOC1CCCN(CC(C#N)NC(C)C)C1. The van der Waals surface area contributed by atoms with Gasteiger partial charge in [-0.1, -0.05) is 0 Å². The van der Waals surface area contributed by atoms with Crippen molar-refractivity contribution >= 4 is 0 Å². The predicted octanol–water partition coefficient (Wildman–Crippen LogP) is 1.38. The predicted molar refractivity (Wildman–Crippen MR) is 68.8 cm³/mol. The molecule has 1 fully saturated rings. The van der Waals surface area contributed by atoms with Crippen LogP contribution in [0.15, 0.2) is 0 Å². The van der Waals surface area contributed by atoms with E-state index in [-0.39, 0.29) is 6.04 Å². The highest BCUT2D eigenvalue weighted by Gasteiger charge is 2.22. The van der Waals surface area contributed by atoms with Crippen molar-refractivity contribution < 1.29 is 4.74 Å². The second-order valence-corrected chi connectivity index (χ2v) is 4.98. The molecule has 0 saturated carbocycles. The summed E-state index contributed by atoms with van der Waals surface area (Å²) in [5.74, 6) is 0. The minimum absolute atomic E-state index is 0.0737. The zero-order chi connectivity index (χ0) is 12.7. The second kappa shape index (κ2) is 7.65. The van der Waals surface area contributed by atoms with E-state index in [9.17, 15) is 0 Å². The lowest BCUT2D eigenvalue weighted by atomic mass is 10.1. The van der Waals surface area contributed by atoms with E-state index in [1.54, 1.807) is 0 Å². The lowest BCUT2D eigenvalue weighted by Crippen LogP contribution is -2.47. The van der Waals surface area contributed by atoms with Gasteiger partial charge in [0.25, 0.3) is 0 Å². The highest BCUT2D eigenvalue weighted by atomic mass is 16.5. The summed E-state index contributed by atoms with van der Waals surface area (Å²) in [7, 11) is 0. The number of nitrogens with one attached hydrogen (secondary N) is 1. The molecule has 2 unspecified atom stereocenters. The van der Waals surface area contributed by atoms with Gasteiger partial charge in [-0.3, -0.25) is 10.2 Å². The summed E-state index contributed by atoms with van der Waals surface area (Å²) in [4.78, 5) is 2.34. The van der Waals surface area contributed by atoms with Crippen LogP contribution in [0.4, 0.5) is 0 Å². The topological polar surface area (TPSA) is 48.3 Å². The van der Waals surface area contributed by atoms with E-state index in [2.05, 4.69) is 30.1 Å². The number of rotatable bonds is 6. The molecule has 2 atom stereocenters. The van der Waals surface area contributed by atoms with E-state index in [1.165, 1.54) is 6.42 Å². The zero-order valence-electron chi connectivity index (χ0n) is 11.3. The fourth-order valence-corrected chi connectivity index (χ4v) is 2.34. The van der Waals surface area contributed by atoms with Crippen molar-refractivity contribution in [3.63, 3.8) is 0 Å². The monoisotopic (exact) mass is 239 g/mol. The Balaban J connectivity index is 2.36. The van der Waals surface area contributed by atoms with Gasteiger partial charge in [0.2, 0.25) is 0 Å². The molecule has 0 aliphatic carbocycles. The molecule has 1 heterocycles. The van der Waals surface area contributed by atoms with E-state index in [0.29, 0.717) is 12.1 Å². The molecular formula is C13H25N3O. The number of likely N-dealkylation sites (tertiary alicyclic amines) is 1. The highest BCUT2D eigenvalue weighted by molar-refractivity contribution is 4.93. The Kier molecular flexibility index (Phi) is 6.49. The first-order valence-corrected chi connectivity index (χ1v) is 6.65. The Hall–Kier alpha value is -0.630. The fourth-order valence-electron chi connectivity index (χ4n) is 2.34. The summed E-state index contributed by atoms with van der Waals surface area (Å²) in [5.41, 5.74) is 0. The molecule has 1 N–H and O–H groups in total. The Bertz CT molecular complexity index is 248. The van der Waals surface area contributed by atoms with Crippen LogP contribution >= 0.6 is 0 Å². The lowest BCUT2D eigenvalue weighted by Gasteiger charge is -2.33. The zero-order valence-corrected chi connectivity index (χ0v) is 11.3. The molecule has 1 saturated heterocycles. The van der Waals surface area contributed by atoms with Gasteiger partial charge in [-0.2, -0.15) is 5.26 Å². The van der Waals surface area contributed by atoms with Crippen molar-refractivity contribution in [2.75, 3.05) is 26.2 Å². The van der Waals surface area contributed by atoms with Crippen LogP contribution in [0.2, 0.25) is 0 Å². The van der Waals surface area contributed by atoms with Crippen molar-refractivity contribution in [2.24, 2.45) is 0 Å². The van der Waals surface area contributed by atoms with E-state index < -0.39 is 0 Å². The van der Waals surface area contributed by atoms with Crippen LogP contribution in [0.25, 0.3) is 0 Å². The number of nitrogens with zero attached hydrogens (tertiary/aromatic N) is 2. The molecule has 4 nitrogen and oxygen atoms in total. The number of hydrogen-bond acceptors (Lipinski definition) is 4. The summed E-state index contributed by atoms with van der Waals surface area (Å²) in [6.45, 7) is 9.82. The Labute approximate surface area is 105 Å². The largest absolute Gasteiger partial charge is 0.377 e. The summed E-state index contributed by atoms with van der Waals surface area (Å²) < 4.78 is 5.66. The average molecular weight is 239 g/mol. The third kappa shape index (κ3) is 5.49. The minimum Gasteiger partial charge on any atom is -0.377 e. The van der Waals surface area contributed by atoms with E-state index in [1.807, 2.05) is 6.92 Å². The van der Waals surface area contributed by atoms with E-state index in [4.69, 9.17) is 10.00 Å². The first kappa shape index (κ1) is 14.4. The maximum Gasteiger partial charge on any atom is 0.108 e. The Morgan fingerprint density at radius 1 is 1.53 bits per heavy atom. The van der Waals surface area contributed by atoms with E-state index in [0.717, 1.165) is 32.7 Å². The summed E-state index contributed by atoms with van der Waals surface area (Å²) in [5, 5.41) is 12.4.